The highest BCUT2D eigenvalue weighted by Gasteiger charge is 2.25. The van der Waals surface area contributed by atoms with Crippen LogP contribution in [-0.2, 0) is 6.67 Å². The second kappa shape index (κ2) is 5.77. The molecule has 2 aromatic rings. The van der Waals surface area contributed by atoms with Crippen molar-refractivity contribution < 1.29 is 0 Å². The molecule has 0 radical (unpaired) electrons. The molecule has 0 aromatic carbocycles. The predicted octanol–water partition coefficient (Wildman–Crippen LogP) is 1.32. The Morgan fingerprint density at radius 3 is 2.50 bits per heavy atom. The van der Waals surface area contributed by atoms with Crippen molar-refractivity contribution in [1.82, 2.24) is 29.2 Å². The maximum atomic E-state index is 5.52. The van der Waals surface area contributed by atoms with E-state index in [2.05, 4.69) is 29.4 Å². The molecule has 116 valence electrons. The minimum absolute atomic E-state index is 0.591. The average molecular weight is 317 g/mol. The summed E-state index contributed by atoms with van der Waals surface area (Å²) in [4.78, 5) is 13.2. The van der Waals surface area contributed by atoms with Gasteiger partial charge in [-0.2, -0.15) is 5.10 Å². The molecule has 3 heterocycles. The van der Waals surface area contributed by atoms with Crippen LogP contribution >= 0.6 is 12.2 Å². The fourth-order valence-electron chi connectivity index (χ4n) is 2.78. The van der Waals surface area contributed by atoms with E-state index in [-0.39, 0.29) is 0 Å². The van der Waals surface area contributed by atoms with Gasteiger partial charge in [-0.25, -0.2) is 14.6 Å². The maximum Gasteiger partial charge on any atom is 0.225 e. The largest absolute Gasteiger partial charge is 0.338 e. The van der Waals surface area contributed by atoms with Gasteiger partial charge < -0.3 is 9.47 Å². The fraction of sp³-hybridized carbons (Fsp3) is 0.571. The fourth-order valence-corrected chi connectivity index (χ4v) is 3.08. The van der Waals surface area contributed by atoms with Gasteiger partial charge in [0.15, 0.2) is 4.77 Å². The lowest BCUT2D eigenvalue weighted by molar-refractivity contribution is 0.193. The standard InChI is InChI=1S/C14H19N7S/c22-14-20(12-2-3-12)10-17-21(14)11-18-6-8-19(9-7-18)13-15-4-1-5-16-13/h1,4-5,10,12H,2-3,6-9,11H2. The van der Waals surface area contributed by atoms with Crippen molar-refractivity contribution in [3.63, 3.8) is 0 Å². The van der Waals surface area contributed by atoms with Crippen LogP contribution < -0.4 is 4.90 Å². The molecule has 0 unspecified atom stereocenters. The second-order valence-electron chi connectivity index (χ2n) is 5.85. The maximum absolute atomic E-state index is 5.52. The molecule has 0 N–H and O–H groups in total. The highest BCUT2D eigenvalue weighted by atomic mass is 32.1. The normalized spacial score (nSPS) is 19.5. The summed E-state index contributed by atoms with van der Waals surface area (Å²) < 4.78 is 4.91. The van der Waals surface area contributed by atoms with E-state index in [1.54, 1.807) is 12.4 Å². The van der Waals surface area contributed by atoms with Gasteiger partial charge in [0.05, 0.1) is 6.67 Å². The molecule has 2 fully saturated rings. The van der Waals surface area contributed by atoms with Crippen LogP contribution in [0, 0.1) is 4.77 Å². The van der Waals surface area contributed by atoms with Gasteiger partial charge in [0.2, 0.25) is 5.95 Å². The van der Waals surface area contributed by atoms with Crippen LogP contribution in [0.4, 0.5) is 5.95 Å². The molecule has 1 aliphatic heterocycles. The molecular weight excluding hydrogens is 298 g/mol. The Morgan fingerprint density at radius 1 is 1.09 bits per heavy atom. The molecular formula is C14H19N7S. The van der Waals surface area contributed by atoms with Crippen molar-refractivity contribution in [2.45, 2.75) is 25.6 Å². The van der Waals surface area contributed by atoms with Crippen LogP contribution in [0.5, 0.6) is 0 Å². The van der Waals surface area contributed by atoms with E-state index >= 15 is 0 Å². The van der Waals surface area contributed by atoms with Crippen molar-refractivity contribution >= 4 is 18.2 Å². The molecule has 2 aliphatic rings. The molecule has 0 amide bonds. The summed E-state index contributed by atoms with van der Waals surface area (Å²) in [5, 5.41) is 4.44. The number of hydrogen-bond donors (Lipinski definition) is 0. The zero-order chi connectivity index (χ0) is 14.9. The summed E-state index contributed by atoms with van der Waals surface area (Å²) in [5.74, 6) is 0.816. The quantitative estimate of drug-likeness (QED) is 0.793. The third-order valence-corrected chi connectivity index (χ3v) is 4.66. The number of hydrogen-bond acceptors (Lipinski definition) is 6. The molecule has 7 nitrogen and oxygen atoms in total. The Hall–Kier alpha value is -1.80. The zero-order valence-corrected chi connectivity index (χ0v) is 13.2. The van der Waals surface area contributed by atoms with E-state index in [1.807, 2.05) is 17.1 Å². The zero-order valence-electron chi connectivity index (χ0n) is 12.4. The van der Waals surface area contributed by atoms with Gasteiger partial charge in [-0.3, -0.25) is 4.90 Å². The van der Waals surface area contributed by atoms with E-state index in [1.165, 1.54) is 12.8 Å². The van der Waals surface area contributed by atoms with Crippen LogP contribution in [0.3, 0.4) is 0 Å². The van der Waals surface area contributed by atoms with Crippen molar-refractivity contribution in [2.75, 3.05) is 31.1 Å². The minimum atomic E-state index is 0.591. The van der Waals surface area contributed by atoms with E-state index in [0.717, 1.165) is 43.6 Å². The van der Waals surface area contributed by atoms with E-state index < -0.39 is 0 Å². The molecule has 8 heteroatoms. The first-order valence-electron chi connectivity index (χ1n) is 7.69. The smallest absolute Gasteiger partial charge is 0.225 e. The number of piperazine rings is 1. The third kappa shape index (κ3) is 2.76. The Morgan fingerprint density at radius 2 is 1.82 bits per heavy atom. The van der Waals surface area contributed by atoms with Gasteiger partial charge in [-0.1, -0.05) is 0 Å². The average Bonchev–Trinajstić information content (AvgIpc) is 3.35. The molecule has 4 rings (SSSR count). The van der Waals surface area contributed by atoms with Gasteiger partial charge in [-0.15, -0.1) is 0 Å². The molecule has 1 aliphatic carbocycles. The number of nitrogens with zero attached hydrogens (tertiary/aromatic N) is 7. The molecule has 1 saturated carbocycles. The molecule has 0 atom stereocenters. The summed E-state index contributed by atoms with van der Waals surface area (Å²) in [6.07, 6.45) is 7.93. The summed E-state index contributed by atoms with van der Waals surface area (Å²) in [6.45, 7) is 4.57. The van der Waals surface area contributed by atoms with Crippen LogP contribution in [0.15, 0.2) is 24.8 Å². The SMILES string of the molecule is S=c1n(C2CC2)cnn1CN1CCN(c2ncccn2)CC1. The third-order valence-electron chi connectivity index (χ3n) is 4.24. The van der Waals surface area contributed by atoms with Crippen LogP contribution in [0.2, 0.25) is 0 Å². The minimum Gasteiger partial charge on any atom is -0.338 e. The molecule has 1 saturated heterocycles. The Balaban J connectivity index is 1.37. The van der Waals surface area contributed by atoms with Crippen LogP contribution in [0.1, 0.15) is 18.9 Å². The van der Waals surface area contributed by atoms with Gasteiger partial charge >= 0.3 is 0 Å². The summed E-state index contributed by atoms with van der Waals surface area (Å²) in [6, 6.07) is 2.44. The Bertz CT molecular complexity index is 683. The van der Waals surface area contributed by atoms with Crippen molar-refractivity contribution in [1.29, 1.82) is 0 Å². The topological polar surface area (TPSA) is 55.0 Å². The monoisotopic (exact) mass is 317 g/mol. The van der Waals surface area contributed by atoms with E-state index in [0.29, 0.717) is 6.04 Å². The van der Waals surface area contributed by atoms with Gasteiger partial charge in [0.25, 0.3) is 0 Å². The summed E-state index contributed by atoms with van der Waals surface area (Å²) in [7, 11) is 0. The Kier molecular flexibility index (Phi) is 3.63. The lowest BCUT2D eigenvalue weighted by Crippen LogP contribution is -2.47. The number of aromatic nitrogens is 5. The molecule has 0 bridgehead atoms. The lowest BCUT2D eigenvalue weighted by atomic mass is 10.3. The molecule has 0 spiro atoms. The van der Waals surface area contributed by atoms with Crippen LogP contribution in [0.25, 0.3) is 0 Å². The summed E-state index contributed by atoms with van der Waals surface area (Å²) >= 11 is 5.52. The van der Waals surface area contributed by atoms with Crippen molar-refractivity contribution in [3.8, 4) is 0 Å². The van der Waals surface area contributed by atoms with Crippen molar-refractivity contribution in [3.05, 3.63) is 29.6 Å². The first-order valence-corrected chi connectivity index (χ1v) is 8.10. The van der Waals surface area contributed by atoms with Gasteiger partial charge in [-0.05, 0) is 31.1 Å². The van der Waals surface area contributed by atoms with Crippen molar-refractivity contribution in [2.24, 2.45) is 0 Å². The first kappa shape index (κ1) is 13.8. The number of rotatable bonds is 4. The summed E-state index contributed by atoms with van der Waals surface area (Å²) in [5.41, 5.74) is 0. The second-order valence-corrected chi connectivity index (χ2v) is 6.21. The highest BCUT2D eigenvalue weighted by molar-refractivity contribution is 7.71. The van der Waals surface area contributed by atoms with E-state index in [4.69, 9.17) is 12.2 Å². The highest BCUT2D eigenvalue weighted by Crippen LogP contribution is 2.34. The van der Waals surface area contributed by atoms with Gasteiger partial charge in [0.1, 0.15) is 6.33 Å². The van der Waals surface area contributed by atoms with Crippen LogP contribution in [-0.4, -0.2) is 55.4 Å². The molecule has 2 aromatic heterocycles. The molecule has 22 heavy (non-hydrogen) atoms. The lowest BCUT2D eigenvalue weighted by Gasteiger charge is -2.34. The Labute approximate surface area is 134 Å². The number of anilines is 1. The first-order chi connectivity index (χ1) is 10.8. The van der Waals surface area contributed by atoms with E-state index in [9.17, 15) is 0 Å². The predicted molar refractivity (Wildman–Crippen MR) is 85.1 cm³/mol. The van der Waals surface area contributed by atoms with Gasteiger partial charge in [0, 0.05) is 44.6 Å².